The third-order valence-electron chi connectivity index (χ3n) is 4.51. The molecule has 0 spiro atoms. The number of benzene rings is 2. The van der Waals surface area contributed by atoms with Crippen LogP contribution in [0.4, 0.5) is 9.93 Å². The molecule has 1 atom stereocenters. The van der Waals surface area contributed by atoms with Crippen LogP contribution in [0, 0.1) is 0 Å². The molecular formula is C19H16Cl2N4OS. The van der Waals surface area contributed by atoms with Crippen molar-refractivity contribution in [3.05, 3.63) is 64.1 Å². The van der Waals surface area contributed by atoms with Crippen molar-refractivity contribution < 1.29 is 4.79 Å². The van der Waals surface area contributed by atoms with Gasteiger partial charge in [-0.15, -0.1) is 0 Å². The SMILES string of the molecule is O=C(Nc1nc(-c2ccccc2)ns1)N1CCC[C@H]1c1ccc(Cl)c(Cl)c1. The Bertz CT molecular complexity index is 963. The Balaban J connectivity index is 1.49. The standard InChI is InChI=1S/C19H16Cl2N4OS/c20-14-9-8-13(11-15(14)21)16-7-4-10-25(16)19(26)23-18-22-17(24-27-18)12-5-2-1-3-6-12/h1-3,5-6,8-9,11,16H,4,7,10H2,(H,22,23,24,26)/t16-/m0/s1. The molecule has 138 valence electrons. The maximum Gasteiger partial charge on any atom is 0.324 e. The molecule has 3 aromatic rings. The smallest absolute Gasteiger partial charge is 0.317 e. The number of nitrogens with zero attached hydrogens (tertiary/aromatic N) is 3. The van der Waals surface area contributed by atoms with E-state index >= 15 is 0 Å². The average Bonchev–Trinajstić information content (AvgIpc) is 3.34. The third kappa shape index (κ3) is 3.93. The molecule has 0 aliphatic carbocycles. The number of amides is 2. The summed E-state index contributed by atoms with van der Waals surface area (Å²) < 4.78 is 4.33. The van der Waals surface area contributed by atoms with E-state index in [0.717, 1.165) is 24.0 Å². The first kappa shape index (κ1) is 18.2. The number of carbonyl (C=O) groups excluding carboxylic acids is 1. The average molecular weight is 419 g/mol. The fourth-order valence-electron chi connectivity index (χ4n) is 3.22. The molecule has 1 N–H and O–H groups in total. The summed E-state index contributed by atoms with van der Waals surface area (Å²) in [7, 11) is 0. The lowest BCUT2D eigenvalue weighted by atomic mass is 10.0. The number of hydrogen-bond acceptors (Lipinski definition) is 4. The van der Waals surface area contributed by atoms with Crippen LogP contribution in [0.25, 0.3) is 11.4 Å². The van der Waals surface area contributed by atoms with Gasteiger partial charge in [0.15, 0.2) is 5.82 Å². The highest BCUT2D eigenvalue weighted by Crippen LogP contribution is 2.35. The molecule has 1 saturated heterocycles. The molecule has 5 nitrogen and oxygen atoms in total. The normalized spacial score (nSPS) is 16.5. The van der Waals surface area contributed by atoms with E-state index in [4.69, 9.17) is 23.2 Å². The molecule has 1 aliphatic heterocycles. The predicted octanol–water partition coefficient (Wildman–Crippen LogP) is 5.88. The first-order valence-electron chi connectivity index (χ1n) is 8.53. The Morgan fingerprint density at radius 2 is 1.96 bits per heavy atom. The molecule has 2 heterocycles. The summed E-state index contributed by atoms with van der Waals surface area (Å²) in [6, 6.07) is 15.0. The second kappa shape index (κ2) is 7.84. The van der Waals surface area contributed by atoms with Crippen LogP contribution in [0.5, 0.6) is 0 Å². The topological polar surface area (TPSA) is 58.1 Å². The predicted molar refractivity (Wildman–Crippen MR) is 110 cm³/mol. The highest BCUT2D eigenvalue weighted by Gasteiger charge is 2.30. The van der Waals surface area contributed by atoms with Crippen molar-refractivity contribution in [3.63, 3.8) is 0 Å². The largest absolute Gasteiger partial charge is 0.324 e. The Morgan fingerprint density at radius 1 is 1.15 bits per heavy atom. The molecular weight excluding hydrogens is 403 g/mol. The minimum Gasteiger partial charge on any atom is -0.317 e. The maximum absolute atomic E-state index is 12.8. The Labute approximate surface area is 171 Å². The van der Waals surface area contributed by atoms with Gasteiger partial charge in [0, 0.05) is 23.6 Å². The van der Waals surface area contributed by atoms with Gasteiger partial charge in [-0.05, 0) is 30.5 Å². The van der Waals surface area contributed by atoms with Crippen LogP contribution in [-0.2, 0) is 0 Å². The summed E-state index contributed by atoms with van der Waals surface area (Å²) in [6.07, 6.45) is 1.82. The number of rotatable bonds is 3. The van der Waals surface area contributed by atoms with Gasteiger partial charge in [0.05, 0.1) is 16.1 Å². The molecule has 0 radical (unpaired) electrons. The lowest BCUT2D eigenvalue weighted by Gasteiger charge is -2.25. The van der Waals surface area contributed by atoms with Gasteiger partial charge < -0.3 is 4.90 Å². The van der Waals surface area contributed by atoms with E-state index in [1.807, 2.05) is 47.4 Å². The number of carbonyl (C=O) groups is 1. The van der Waals surface area contributed by atoms with Gasteiger partial charge in [-0.25, -0.2) is 4.79 Å². The van der Waals surface area contributed by atoms with E-state index in [-0.39, 0.29) is 12.1 Å². The second-order valence-electron chi connectivity index (χ2n) is 6.24. The van der Waals surface area contributed by atoms with Crippen molar-refractivity contribution in [3.8, 4) is 11.4 Å². The van der Waals surface area contributed by atoms with Gasteiger partial charge >= 0.3 is 6.03 Å². The van der Waals surface area contributed by atoms with E-state index in [0.29, 0.717) is 27.5 Å². The first-order chi connectivity index (χ1) is 13.1. The molecule has 2 amide bonds. The van der Waals surface area contributed by atoms with E-state index in [2.05, 4.69) is 14.7 Å². The van der Waals surface area contributed by atoms with Crippen LogP contribution in [0.2, 0.25) is 10.0 Å². The van der Waals surface area contributed by atoms with Crippen molar-refractivity contribution in [1.29, 1.82) is 0 Å². The highest BCUT2D eigenvalue weighted by molar-refractivity contribution is 7.10. The Kier molecular flexibility index (Phi) is 5.29. The fourth-order valence-corrected chi connectivity index (χ4v) is 4.10. The number of likely N-dealkylation sites (tertiary alicyclic amines) is 1. The zero-order chi connectivity index (χ0) is 18.8. The lowest BCUT2D eigenvalue weighted by molar-refractivity contribution is 0.207. The van der Waals surface area contributed by atoms with Crippen molar-refractivity contribution in [2.24, 2.45) is 0 Å². The zero-order valence-electron chi connectivity index (χ0n) is 14.2. The van der Waals surface area contributed by atoms with Crippen LogP contribution >= 0.6 is 34.7 Å². The molecule has 0 saturated carbocycles. The molecule has 0 unspecified atom stereocenters. The van der Waals surface area contributed by atoms with Crippen LogP contribution in [0.3, 0.4) is 0 Å². The van der Waals surface area contributed by atoms with Crippen LogP contribution in [0.1, 0.15) is 24.4 Å². The number of halogens is 2. The summed E-state index contributed by atoms with van der Waals surface area (Å²) >= 11 is 13.3. The van der Waals surface area contributed by atoms with Crippen molar-refractivity contribution in [2.75, 3.05) is 11.9 Å². The molecule has 27 heavy (non-hydrogen) atoms. The zero-order valence-corrected chi connectivity index (χ0v) is 16.6. The van der Waals surface area contributed by atoms with Crippen molar-refractivity contribution >= 4 is 45.9 Å². The van der Waals surface area contributed by atoms with Gasteiger partial charge in [0.1, 0.15) is 0 Å². The summed E-state index contributed by atoms with van der Waals surface area (Å²) in [5, 5.41) is 4.37. The van der Waals surface area contributed by atoms with Crippen LogP contribution < -0.4 is 5.32 Å². The monoisotopic (exact) mass is 418 g/mol. The molecule has 0 bridgehead atoms. The second-order valence-corrected chi connectivity index (χ2v) is 7.81. The number of anilines is 1. The number of aromatic nitrogens is 2. The summed E-state index contributed by atoms with van der Waals surface area (Å²) in [4.78, 5) is 19.0. The van der Waals surface area contributed by atoms with Gasteiger partial charge in [-0.1, -0.05) is 59.6 Å². The summed E-state index contributed by atoms with van der Waals surface area (Å²) in [5.74, 6) is 0.610. The van der Waals surface area contributed by atoms with Crippen LogP contribution in [0.15, 0.2) is 48.5 Å². The van der Waals surface area contributed by atoms with E-state index in [9.17, 15) is 4.79 Å². The van der Waals surface area contributed by atoms with Gasteiger partial charge in [0.2, 0.25) is 5.13 Å². The number of hydrogen-bond donors (Lipinski definition) is 1. The molecule has 1 aliphatic rings. The Morgan fingerprint density at radius 3 is 2.74 bits per heavy atom. The minimum absolute atomic E-state index is 0.0266. The lowest BCUT2D eigenvalue weighted by Crippen LogP contribution is -2.34. The molecule has 8 heteroatoms. The quantitative estimate of drug-likeness (QED) is 0.577. The number of nitrogens with one attached hydrogen (secondary N) is 1. The highest BCUT2D eigenvalue weighted by atomic mass is 35.5. The van der Waals surface area contributed by atoms with Gasteiger partial charge in [-0.2, -0.15) is 9.36 Å². The fraction of sp³-hybridized carbons (Fsp3) is 0.211. The Hall–Kier alpha value is -2.15. The maximum atomic E-state index is 12.8. The van der Waals surface area contributed by atoms with Crippen LogP contribution in [-0.4, -0.2) is 26.8 Å². The van der Waals surface area contributed by atoms with E-state index in [1.165, 1.54) is 11.5 Å². The molecule has 1 fully saturated rings. The van der Waals surface area contributed by atoms with Crippen molar-refractivity contribution in [1.82, 2.24) is 14.3 Å². The molecule has 1 aromatic heterocycles. The molecule has 4 rings (SSSR count). The minimum atomic E-state index is -0.181. The first-order valence-corrected chi connectivity index (χ1v) is 10.1. The van der Waals surface area contributed by atoms with E-state index < -0.39 is 0 Å². The summed E-state index contributed by atoms with van der Waals surface area (Å²) in [5.41, 5.74) is 1.91. The van der Waals surface area contributed by atoms with Crippen molar-refractivity contribution in [2.45, 2.75) is 18.9 Å². The third-order valence-corrected chi connectivity index (χ3v) is 5.88. The number of urea groups is 1. The van der Waals surface area contributed by atoms with E-state index in [1.54, 1.807) is 6.07 Å². The molecule has 2 aromatic carbocycles. The summed E-state index contributed by atoms with van der Waals surface area (Å²) in [6.45, 7) is 0.682. The van der Waals surface area contributed by atoms with Gasteiger partial charge in [-0.3, -0.25) is 5.32 Å². The van der Waals surface area contributed by atoms with Gasteiger partial charge in [0.25, 0.3) is 0 Å².